The molecule has 0 saturated carbocycles. The van der Waals surface area contributed by atoms with Crippen LogP contribution in [0.25, 0.3) is 0 Å². The number of phenols is 1. The molecule has 3 aromatic rings. The Balaban J connectivity index is 1.60. The highest BCUT2D eigenvalue weighted by Crippen LogP contribution is 2.22. The molecule has 170 valence electrons. The molecule has 0 spiro atoms. The maximum Gasteiger partial charge on any atom is 0.270 e. The number of aryl methyl sites for hydroxylation is 1. The molecule has 33 heavy (non-hydrogen) atoms. The molecule has 3 N–H and O–H groups in total. The first-order valence-electron chi connectivity index (χ1n) is 10.2. The smallest absolute Gasteiger partial charge is 0.270 e. The van der Waals surface area contributed by atoms with Gasteiger partial charge in [-0.1, -0.05) is 18.2 Å². The van der Waals surface area contributed by atoms with Crippen molar-refractivity contribution < 1.29 is 14.8 Å². The van der Waals surface area contributed by atoms with Gasteiger partial charge in [0.05, 0.1) is 24.4 Å². The number of nitrogens with zero attached hydrogens (tertiary/aromatic N) is 6. The van der Waals surface area contributed by atoms with Crippen LogP contribution in [0.1, 0.15) is 11.1 Å². The summed E-state index contributed by atoms with van der Waals surface area (Å²) in [5, 5.41) is 28.2. The highest BCUT2D eigenvalue weighted by molar-refractivity contribution is 5.84. The van der Waals surface area contributed by atoms with Crippen molar-refractivity contribution in [2.45, 2.75) is 6.92 Å². The number of phenolic OH excluding ortho intramolecular Hbond substituents is 1. The number of morpholine rings is 1. The van der Waals surface area contributed by atoms with Gasteiger partial charge in [0.1, 0.15) is 5.75 Å². The Morgan fingerprint density at radius 3 is 2.67 bits per heavy atom. The van der Waals surface area contributed by atoms with Crippen molar-refractivity contribution in [3.63, 3.8) is 0 Å². The van der Waals surface area contributed by atoms with E-state index in [-0.39, 0.29) is 22.9 Å². The van der Waals surface area contributed by atoms with Gasteiger partial charge in [-0.3, -0.25) is 10.1 Å². The van der Waals surface area contributed by atoms with Gasteiger partial charge in [-0.15, -0.1) is 0 Å². The highest BCUT2D eigenvalue weighted by atomic mass is 16.6. The predicted molar refractivity (Wildman–Crippen MR) is 123 cm³/mol. The fourth-order valence-corrected chi connectivity index (χ4v) is 3.13. The fraction of sp³-hybridized carbons (Fsp3) is 0.238. The zero-order valence-corrected chi connectivity index (χ0v) is 17.8. The largest absolute Gasteiger partial charge is 0.507 e. The molecule has 12 nitrogen and oxygen atoms in total. The van der Waals surface area contributed by atoms with Crippen LogP contribution in [0, 0.1) is 17.0 Å². The molecule has 0 aliphatic carbocycles. The zero-order chi connectivity index (χ0) is 23.2. The van der Waals surface area contributed by atoms with Crippen LogP contribution in [0.15, 0.2) is 47.6 Å². The minimum absolute atomic E-state index is 0.141. The maximum absolute atomic E-state index is 11.0. The molecular weight excluding hydrogens is 428 g/mol. The summed E-state index contributed by atoms with van der Waals surface area (Å²) in [7, 11) is 0. The van der Waals surface area contributed by atoms with Gasteiger partial charge in [0, 0.05) is 36.5 Å². The molecule has 1 aromatic heterocycles. The van der Waals surface area contributed by atoms with E-state index in [0.717, 1.165) is 11.3 Å². The molecule has 12 heteroatoms. The second-order valence-corrected chi connectivity index (χ2v) is 7.19. The molecule has 4 rings (SSSR count). The molecule has 1 aliphatic heterocycles. The Morgan fingerprint density at radius 2 is 1.91 bits per heavy atom. The summed E-state index contributed by atoms with van der Waals surface area (Å²) in [5.41, 5.74) is 4.62. The van der Waals surface area contributed by atoms with E-state index in [1.165, 1.54) is 24.4 Å². The molecule has 1 fully saturated rings. The third kappa shape index (κ3) is 5.49. The lowest BCUT2D eigenvalue weighted by Crippen LogP contribution is -2.37. The molecule has 2 aromatic carbocycles. The van der Waals surface area contributed by atoms with Gasteiger partial charge in [-0.25, -0.2) is 5.43 Å². The second kappa shape index (κ2) is 9.87. The van der Waals surface area contributed by atoms with Gasteiger partial charge in [0.15, 0.2) is 0 Å². The third-order valence-corrected chi connectivity index (χ3v) is 4.90. The van der Waals surface area contributed by atoms with Crippen LogP contribution in [0.2, 0.25) is 0 Å². The number of aromatic nitrogens is 3. The van der Waals surface area contributed by atoms with E-state index in [2.05, 4.69) is 30.8 Å². The predicted octanol–water partition coefficient (Wildman–Crippen LogP) is 2.82. The number of anilines is 4. The van der Waals surface area contributed by atoms with E-state index in [1.807, 2.05) is 36.1 Å². The molecule has 0 atom stereocenters. The molecular formula is C21H22N8O4. The summed E-state index contributed by atoms with van der Waals surface area (Å²) in [5.74, 6) is 0.818. The number of nitrogens with one attached hydrogen (secondary N) is 2. The van der Waals surface area contributed by atoms with E-state index in [1.54, 1.807) is 0 Å². The number of hydrazone groups is 1. The van der Waals surface area contributed by atoms with Crippen molar-refractivity contribution in [3.8, 4) is 5.75 Å². The van der Waals surface area contributed by atoms with Gasteiger partial charge in [0.25, 0.3) is 5.69 Å². The van der Waals surface area contributed by atoms with Crippen LogP contribution in [0.4, 0.5) is 29.2 Å². The standard InChI is InChI=1S/C21H22N8O4/c1-14-4-2-3-5-17(14)23-19-24-20(26-21(25-19)28-8-10-33-11-9-28)27-22-13-15-12-16(29(31)32)6-7-18(15)30/h2-7,12-13,30H,8-11H2,1H3,(H2,23,24,25,26,27)/b22-13+. The molecule has 2 heterocycles. The monoisotopic (exact) mass is 450 g/mol. The lowest BCUT2D eigenvalue weighted by Gasteiger charge is -2.27. The summed E-state index contributed by atoms with van der Waals surface area (Å²) < 4.78 is 5.41. The molecule has 0 amide bonds. The number of benzene rings is 2. The topological polar surface area (TPSA) is 151 Å². The number of non-ortho nitro benzene ring substituents is 1. The van der Waals surface area contributed by atoms with Gasteiger partial charge in [-0.2, -0.15) is 20.1 Å². The molecule has 0 unspecified atom stereocenters. The van der Waals surface area contributed by atoms with E-state index < -0.39 is 4.92 Å². The lowest BCUT2D eigenvalue weighted by atomic mass is 10.2. The number of hydrogen-bond donors (Lipinski definition) is 3. The number of nitro groups is 1. The van der Waals surface area contributed by atoms with Crippen LogP contribution in [0.3, 0.4) is 0 Å². The van der Waals surface area contributed by atoms with Crippen LogP contribution < -0.4 is 15.6 Å². The maximum atomic E-state index is 11.0. The van der Waals surface area contributed by atoms with Crippen molar-refractivity contribution in [2.24, 2.45) is 5.10 Å². The summed E-state index contributed by atoms with van der Waals surface area (Å²) >= 11 is 0. The first-order valence-corrected chi connectivity index (χ1v) is 10.2. The van der Waals surface area contributed by atoms with Crippen molar-refractivity contribution in [1.29, 1.82) is 0 Å². The van der Waals surface area contributed by atoms with Crippen molar-refractivity contribution in [1.82, 2.24) is 15.0 Å². The van der Waals surface area contributed by atoms with E-state index in [0.29, 0.717) is 38.2 Å². The number of rotatable bonds is 7. The summed E-state index contributed by atoms with van der Waals surface area (Å²) in [4.78, 5) is 25.8. The van der Waals surface area contributed by atoms with E-state index in [4.69, 9.17) is 4.74 Å². The van der Waals surface area contributed by atoms with E-state index >= 15 is 0 Å². The fourth-order valence-electron chi connectivity index (χ4n) is 3.13. The molecule has 0 bridgehead atoms. The normalized spacial score (nSPS) is 13.8. The lowest BCUT2D eigenvalue weighted by molar-refractivity contribution is -0.384. The Morgan fingerprint density at radius 1 is 1.15 bits per heavy atom. The Kier molecular flexibility index (Phi) is 6.55. The van der Waals surface area contributed by atoms with Crippen molar-refractivity contribution in [3.05, 3.63) is 63.7 Å². The Labute approximate surface area is 189 Å². The number of hydrogen-bond acceptors (Lipinski definition) is 11. The first-order chi connectivity index (χ1) is 16.0. The van der Waals surface area contributed by atoms with Gasteiger partial charge in [-0.05, 0) is 24.6 Å². The first kappa shape index (κ1) is 21.9. The minimum Gasteiger partial charge on any atom is -0.507 e. The number of para-hydroxylation sites is 1. The number of aromatic hydroxyl groups is 1. The number of nitro benzene ring substituents is 1. The Hall–Kier alpha value is -4.32. The van der Waals surface area contributed by atoms with Crippen molar-refractivity contribution >= 4 is 35.4 Å². The van der Waals surface area contributed by atoms with E-state index in [9.17, 15) is 15.2 Å². The summed E-state index contributed by atoms with van der Waals surface area (Å²) in [6.07, 6.45) is 1.26. The minimum atomic E-state index is -0.547. The summed E-state index contributed by atoms with van der Waals surface area (Å²) in [6, 6.07) is 11.4. The van der Waals surface area contributed by atoms with Gasteiger partial charge >= 0.3 is 0 Å². The second-order valence-electron chi connectivity index (χ2n) is 7.19. The highest BCUT2D eigenvalue weighted by Gasteiger charge is 2.17. The zero-order valence-electron chi connectivity index (χ0n) is 17.8. The van der Waals surface area contributed by atoms with Gasteiger partial charge in [0.2, 0.25) is 17.8 Å². The molecule has 0 radical (unpaired) electrons. The van der Waals surface area contributed by atoms with Crippen LogP contribution in [0.5, 0.6) is 5.75 Å². The number of ether oxygens (including phenoxy) is 1. The third-order valence-electron chi connectivity index (χ3n) is 4.90. The Bertz CT molecular complexity index is 1180. The average molecular weight is 450 g/mol. The van der Waals surface area contributed by atoms with Gasteiger partial charge < -0.3 is 20.1 Å². The average Bonchev–Trinajstić information content (AvgIpc) is 2.82. The van der Waals surface area contributed by atoms with Crippen LogP contribution in [-0.4, -0.2) is 57.5 Å². The SMILES string of the molecule is Cc1ccccc1Nc1nc(N/N=C/c2cc([N+](=O)[O-])ccc2O)nc(N2CCOCC2)n1. The van der Waals surface area contributed by atoms with Crippen LogP contribution in [-0.2, 0) is 4.74 Å². The molecule has 1 aliphatic rings. The van der Waals surface area contributed by atoms with Crippen molar-refractivity contribution in [2.75, 3.05) is 41.9 Å². The quantitative estimate of drug-likeness (QED) is 0.278. The molecule has 1 saturated heterocycles. The summed E-state index contributed by atoms with van der Waals surface area (Å²) in [6.45, 7) is 4.38. The van der Waals surface area contributed by atoms with Crippen LogP contribution >= 0.6 is 0 Å².